The molecule has 0 atom stereocenters. The van der Waals surface area contributed by atoms with Gasteiger partial charge in [0.05, 0.1) is 18.1 Å². The smallest absolute Gasteiger partial charge is 0.172 e. The summed E-state index contributed by atoms with van der Waals surface area (Å²) < 4.78 is 1.74. The Kier molecular flexibility index (Phi) is 3.52. The van der Waals surface area contributed by atoms with Crippen molar-refractivity contribution in [3.05, 3.63) is 60.8 Å². The Labute approximate surface area is 117 Å². The van der Waals surface area contributed by atoms with Gasteiger partial charge in [-0.3, -0.25) is 4.98 Å². The quantitative estimate of drug-likeness (QED) is 0.784. The van der Waals surface area contributed by atoms with E-state index in [1.165, 1.54) is 0 Å². The highest BCUT2D eigenvalue weighted by molar-refractivity contribution is 5.61. The van der Waals surface area contributed by atoms with Gasteiger partial charge in [0.2, 0.25) is 0 Å². The van der Waals surface area contributed by atoms with Crippen molar-refractivity contribution < 1.29 is 0 Å². The van der Waals surface area contributed by atoms with E-state index < -0.39 is 0 Å². The van der Waals surface area contributed by atoms with Crippen LogP contribution in [0.25, 0.3) is 16.9 Å². The van der Waals surface area contributed by atoms with Crippen LogP contribution in [0, 0.1) is 0 Å². The molecular weight excluding hydrogens is 250 g/mol. The van der Waals surface area contributed by atoms with E-state index in [1.54, 1.807) is 17.1 Å². The lowest BCUT2D eigenvalue weighted by Gasteiger charge is -2.03. The van der Waals surface area contributed by atoms with Crippen LogP contribution in [0.1, 0.15) is 5.69 Å². The lowest BCUT2D eigenvalue weighted by atomic mass is 10.1. The lowest BCUT2D eigenvalue weighted by Crippen LogP contribution is -2.09. The largest absolute Gasteiger partial charge is 0.314 e. The van der Waals surface area contributed by atoms with Crippen molar-refractivity contribution in [2.45, 2.75) is 6.54 Å². The van der Waals surface area contributed by atoms with Gasteiger partial charge in [-0.1, -0.05) is 30.3 Å². The molecule has 0 saturated heterocycles. The molecule has 2 heterocycles. The molecule has 0 radical (unpaired) electrons. The Morgan fingerprint density at radius 3 is 2.70 bits per heavy atom. The summed E-state index contributed by atoms with van der Waals surface area (Å²) in [6, 6.07) is 10.1. The summed E-state index contributed by atoms with van der Waals surface area (Å²) in [5.74, 6) is 0.722. The Hall–Kier alpha value is -2.53. The van der Waals surface area contributed by atoms with E-state index in [2.05, 4.69) is 32.5 Å². The summed E-state index contributed by atoms with van der Waals surface area (Å²) in [7, 11) is 1.88. The molecule has 0 fully saturated rings. The maximum atomic E-state index is 4.52. The third kappa shape index (κ3) is 2.57. The highest BCUT2D eigenvalue weighted by Crippen LogP contribution is 2.18. The van der Waals surface area contributed by atoms with E-state index in [4.69, 9.17) is 0 Å². The number of nitrogens with zero attached hydrogens (tertiary/aromatic N) is 4. The predicted octanol–water partition coefficient (Wildman–Crippen LogP) is 2.05. The zero-order chi connectivity index (χ0) is 13.8. The van der Waals surface area contributed by atoms with Gasteiger partial charge in [-0.05, 0) is 12.6 Å². The van der Waals surface area contributed by atoms with Crippen LogP contribution < -0.4 is 5.32 Å². The number of benzene rings is 1. The molecule has 0 amide bonds. The maximum absolute atomic E-state index is 4.52. The van der Waals surface area contributed by atoms with Crippen LogP contribution in [0.2, 0.25) is 0 Å². The van der Waals surface area contributed by atoms with Gasteiger partial charge in [-0.15, -0.1) is 0 Å². The average molecular weight is 265 g/mol. The molecule has 0 aliphatic heterocycles. The third-order valence-corrected chi connectivity index (χ3v) is 2.95. The van der Waals surface area contributed by atoms with Gasteiger partial charge in [-0.25, -0.2) is 9.67 Å². The molecule has 3 rings (SSSR count). The minimum absolute atomic E-state index is 0.688. The van der Waals surface area contributed by atoms with Crippen LogP contribution in [0.5, 0.6) is 0 Å². The fourth-order valence-electron chi connectivity index (χ4n) is 2.00. The first kappa shape index (κ1) is 12.5. The molecule has 2 aromatic heterocycles. The molecule has 0 bridgehead atoms. The summed E-state index contributed by atoms with van der Waals surface area (Å²) in [6.07, 6.45) is 7.26. The Bertz CT molecular complexity index is 690. The van der Waals surface area contributed by atoms with Crippen molar-refractivity contribution >= 4 is 0 Å². The summed E-state index contributed by atoms with van der Waals surface area (Å²) in [6.45, 7) is 0.688. The second-order valence-corrected chi connectivity index (χ2v) is 4.44. The molecule has 100 valence electrons. The third-order valence-electron chi connectivity index (χ3n) is 2.95. The van der Waals surface area contributed by atoms with Gasteiger partial charge >= 0.3 is 0 Å². The minimum atomic E-state index is 0.688. The van der Waals surface area contributed by atoms with E-state index in [0.717, 1.165) is 22.6 Å². The average Bonchev–Trinajstić information content (AvgIpc) is 2.99. The van der Waals surface area contributed by atoms with Crippen molar-refractivity contribution in [1.29, 1.82) is 0 Å². The predicted molar refractivity (Wildman–Crippen MR) is 77.4 cm³/mol. The molecule has 0 unspecified atom stereocenters. The van der Waals surface area contributed by atoms with Gasteiger partial charge in [0, 0.05) is 24.5 Å². The SMILES string of the molecule is CNCc1cncc(-n2cc(-c3ccccc3)cn2)n1. The molecule has 0 aliphatic rings. The van der Waals surface area contributed by atoms with Crippen molar-refractivity contribution in [3.63, 3.8) is 0 Å². The van der Waals surface area contributed by atoms with Crippen LogP contribution in [0.15, 0.2) is 55.1 Å². The molecule has 1 N–H and O–H groups in total. The van der Waals surface area contributed by atoms with Crippen LogP contribution in [-0.4, -0.2) is 26.8 Å². The van der Waals surface area contributed by atoms with E-state index in [1.807, 2.05) is 37.6 Å². The van der Waals surface area contributed by atoms with Crippen molar-refractivity contribution in [2.24, 2.45) is 0 Å². The first-order valence-corrected chi connectivity index (χ1v) is 6.43. The Balaban J connectivity index is 1.92. The van der Waals surface area contributed by atoms with Gasteiger partial charge < -0.3 is 5.32 Å². The van der Waals surface area contributed by atoms with Gasteiger partial charge in [0.1, 0.15) is 0 Å². The van der Waals surface area contributed by atoms with E-state index in [-0.39, 0.29) is 0 Å². The fraction of sp³-hybridized carbons (Fsp3) is 0.133. The number of nitrogens with one attached hydrogen (secondary N) is 1. The molecule has 0 spiro atoms. The summed E-state index contributed by atoms with van der Waals surface area (Å²) in [4.78, 5) is 8.71. The molecule has 5 heteroatoms. The molecule has 1 aromatic carbocycles. The highest BCUT2D eigenvalue weighted by atomic mass is 15.3. The monoisotopic (exact) mass is 265 g/mol. The van der Waals surface area contributed by atoms with Crippen molar-refractivity contribution in [3.8, 4) is 16.9 Å². The number of aromatic nitrogens is 4. The zero-order valence-corrected chi connectivity index (χ0v) is 11.2. The molecule has 0 aliphatic carbocycles. The molecular formula is C15H15N5. The molecule has 5 nitrogen and oxygen atoms in total. The topological polar surface area (TPSA) is 55.6 Å². The summed E-state index contributed by atoms with van der Waals surface area (Å²) in [5.41, 5.74) is 3.09. The molecule has 20 heavy (non-hydrogen) atoms. The van der Waals surface area contributed by atoms with E-state index in [0.29, 0.717) is 6.54 Å². The summed E-state index contributed by atoms with van der Waals surface area (Å²) in [5, 5.41) is 7.42. The van der Waals surface area contributed by atoms with Crippen LogP contribution in [-0.2, 0) is 6.54 Å². The van der Waals surface area contributed by atoms with Crippen molar-refractivity contribution in [1.82, 2.24) is 25.1 Å². The van der Waals surface area contributed by atoms with Crippen LogP contribution in [0.4, 0.5) is 0 Å². The second kappa shape index (κ2) is 5.63. The number of rotatable bonds is 4. The van der Waals surface area contributed by atoms with Gasteiger partial charge in [0.15, 0.2) is 5.82 Å². The van der Waals surface area contributed by atoms with Gasteiger partial charge in [0.25, 0.3) is 0 Å². The Morgan fingerprint density at radius 2 is 1.90 bits per heavy atom. The van der Waals surface area contributed by atoms with Crippen molar-refractivity contribution in [2.75, 3.05) is 7.05 Å². The standard InChI is InChI=1S/C15H15N5/c1-16-8-14-9-17-10-15(19-14)20-11-13(7-18-20)12-5-3-2-4-6-12/h2-7,9-11,16H,8H2,1H3. The second-order valence-electron chi connectivity index (χ2n) is 4.44. The lowest BCUT2D eigenvalue weighted by molar-refractivity contribution is 0.760. The van der Waals surface area contributed by atoms with E-state index >= 15 is 0 Å². The highest BCUT2D eigenvalue weighted by Gasteiger charge is 2.05. The first-order chi connectivity index (χ1) is 9.86. The number of hydrogen-bond acceptors (Lipinski definition) is 4. The maximum Gasteiger partial charge on any atom is 0.172 e. The minimum Gasteiger partial charge on any atom is -0.314 e. The Morgan fingerprint density at radius 1 is 1.05 bits per heavy atom. The number of hydrogen-bond donors (Lipinski definition) is 1. The van der Waals surface area contributed by atoms with E-state index in [9.17, 15) is 0 Å². The van der Waals surface area contributed by atoms with Crippen LogP contribution >= 0.6 is 0 Å². The molecule has 0 saturated carbocycles. The first-order valence-electron chi connectivity index (χ1n) is 6.43. The normalized spacial score (nSPS) is 10.7. The van der Waals surface area contributed by atoms with Gasteiger partial charge in [-0.2, -0.15) is 5.10 Å². The van der Waals surface area contributed by atoms with Crippen LogP contribution in [0.3, 0.4) is 0 Å². The zero-order valence-electron chi connectivity index (χ0n) is 11.2. The molecule has 3 aromatic rings. The fourth-order valence-corrected chi connectivity index (χ4v) is 2.00. The summed E-state index contributed by atoms with van der Waals surface area (Å²) >= 11 is 0.